The third kappa shape index (κ3) is 15.1. The molecule has 11 rings (SSSR count). The van der Waals surface area contributed by atoms with Crippen LogP contribution in [0.15, 0.2) is 243 Å². The van der Waals surface area contributed by atoms with E-state index in [-0.39, 0.29) is 66.1 Å². The molecule has 0 N–H and O–H groups in total. The van der Waals surface area contributed by atoms with Crippen molar-refractivity contribution in [3.8, 4) is 0 Å². The summed E-state index contributed by atoms with van der Waals surface area (Å²) in [5, 5.41) is 0. The molecular formula is C70H72O12. The first-order valence-electron chi connectivity index (χ1n) is 28.4. The molecule has 12 heteroatoms. The Morgan fingerprint density at radius 2 is 0.488 bits per heavy atom. The van der Waals surface area contributed by atoms with Crippen LogP contribution in [0.2, 0.25) is 0 Å². The van der Waals surface area contributed by atoms with E-state index < -0.39 is 60.4 Å². The predicted molar refractivity (Wildman–Crippen MR) is 309 cm³/mol. The van der Waals surface area contributed by atoms with Crippen LogP contribution in [0.1, 0.15) is 44.5 Å². The van der Waals surface area contributed by atoms with Crippen LogP contribution in [0.4, 0.5) is 0 Å². The largest absolute Gasteiger partial charge is 0.374 e. The van der Waals surface area contributed by atoms with Gasteiger partial charge in [0.1, 0.15) is 62.0 Å². The summed E-state index contributed by atoms with van der Waals surface area (Å²) in [5.41, 5.74) is 7.86. The van der Waals surface area contributed by atoms with Gasteiger partial charge in [0.05, 0.1) is 66.1 Å². The number of rotatable bonds is 26. The molecule has 0 radical (unpaired) electrons. The fourth-order valence-electron chi connectivity index (χ4n) is 10.8. The first-order chi connectivity index (χ1) is 40.6. The van der Waals surface area contributed by atoms with E-state index >= 15 is 0 Å². The van der Waals surface area contributed by atoms with Gasteiger partial charge in [0.25, 0.3) is 0 Å². The number of benzene rings is 8. The summed E-state index contributed by atoms with van der Waals surface area (Å²) in [4.78, 5) is 0. The van der Waals surface area contributed by atoms with E-state index in [2.05, 4.69) is 0 Å². The molecule has 82 heavy (non-hydrogen) atoms. The molecule has 3 saturated heterocycles. The number of ether oxygens (including phenoxy) is 12. The topological polar surface area (TPSA) is 111 Å². The Kier molecular flexibility index (Phi) is 20.2. The smallest absolute Gasteiger partial charge is 0.222 e. The second-order valence-corrected chi connectivity index (χ2v) is 21.0. The zero-order valence-corrected chi connectivity index (χ0v) is 46.1. The molecule has 8 aromatic carbocycles. The normalized spacial score (nSPS) is 25.3. The van der Waals surface area contributed by atoms with Crippen LogP contribution in [0.25, 0.3) is 0 Å². The second kappa shape index (κ2) is 29.0. The Morgan fingerprint density at radius 1 is 0.268 bits per heavy atom. The highest BCUT2D eigenvalue weighted by Gasteiger charge is 2.66. The second-order valence-electron chi connectivity index (χ2n) is 21.0. The molecule has 0 aromatic heterocycles. The summed E-state index contributed by atoms with van der Waals surface area (Å²) < 4.78 is 85.8. The van der Waals surface area contributed by atoms with Crippen LogP contribution < -0.4 is 0 Å². The van der Waals surface area contributed by atoms with Gasteiger partial charge in [-0.2, -0.15) is 0 Å². The molecule has 2 spiro atoms. The van der Waals surface area contributed by atoms with Gasteiger partial charge in [0, 0.05) is 0 Å². The summed E-state index contributed by atoms with van der Waals surface area (Å²) >= 11 is 0. The lowest BCUT2D eigenvalue weighted by molar-refractivity contribution is -0.477. The van der Waals surface area contributed by atoms with Crippen molar-refractivity contribution in [1.29, 1.82) is 0 Å². The van der Waals surface area contributed by atoms with Crippen molar-refractivity contribution in [2.75, 3.05) is 26.4 Å². The third-order valence-corrected chi connectivity index (χ3v) is 15.1. The molecule has 10 atom stereocenters. The minimum Gasteiger partial charge on any atom is -0.374 e. The molecule has 8 aromatic rings. The molecule has 3 aliphatic rings. The molecule has 3 fully saturated rings. The highest BCUT2D eigenvalue weighted by molar-refractivity contribution is 5.21. The van der Waals surface area contributed by atoms with Crippen LogP contribution in [-0.2, 0) is 110 Å². The molecule has 3 heterocycles. The molecule has 0 bridgehead atoms. The Balaban J connectivity index is 0.982. The molecule has 0 unspecified atom stereocenters. The van der Waals surface area contributed by atoms with Gasteiger partial charge in [0.15, 0.2) is 0 Å². The first-order valence-corrected chi connectivity index (χ1v) is 28.4. The Bertz CT molecular complexity index is 2840. The summed E-state index contributed by atoms with van der Waals surface area (Å²) in [6.45, 7) is 1.97. The monoisotopic (exact) mass is 1100 g/mol. The molecule has 0 amide bonds. The maximum absolute atomic E-state index is 7.46. The minimum absolute atomic E-state index is 0.122. The van der Waals surface area contributed by atoms with Gasteiger partial charge in [0.2, 0.25) is 11.6 Å². The average molecular weight is 1110 g/mol. The van der Waals surface area contributed by atoms with E-state index in [4.69, 9.17) is 56.8 Å². The van der Waals surface area contributed by atoms with Crippen LogP contribution in [0, 0.1) is 0 Å². The molecule has 12 nitrogen and oxygen atoms in total. The quantitative estimate of drug-likeness (QED) is 0.0515. The summed E-state index contributed by atoms with van der Waals surface area (Å²) in [7, 11) is 0. The maximum atomic E-state index is 7.46. The van der Waals surface area contributed by atoms with Crippen molar-refractivity contribution in [2.45, 2.75) is 113 Å². The van der Waals surface area contributed by atoms with Crippen molar-refractivity contribution < 1.29 is 56.8 Å². The Morgan fingerprint density at radius 3 is 0.732 bits per heavy atom. The van der Waals surface area contributed by atoms with Crippen LogP contribution in [0.3, 0.4) is 0 Å². The summed E-state index contributed by atoms with van der Waals surface area (Å²) in [6, 6.07) is 80.6. The predicted octanol–water partition coefficient (Wildman–Crippen LogP) is 12.2. The van der Waals surface area contributed by atoms with Crippen molar-refractivity contribution in [1.82, 2.24) is 0 Å². The van der Waals surface area contributed by atoms with Gasteiger partial charge >= 0.3 is 0 Å². The van der Waals surface area contributed by atoms with Gasteiger partial charge in [-0.15, -0.1) is 0 Å². The van der Waals surface area contributed by atoms with E-state index in [1.165, 1.54) is 0 Å². The lowest BCUT2D eigenvalue weighted by atomic mass is 9.88. The van der Waals surface area contributed by atoms with E-state index in [9.17, 15) is 0 Å². The van der Waals surface area contributed by atoms with E-state index in [1.807, 2.05) is 243 Å². The summed E-state index contributed by atoms with van der Waals surface area (Å²) in [6.07, 6.45) is -6.41. The molecule has 0 saturated carbocycles. The number of hydrogen-bond donors (Lipinski definition) is 0. The minimum atomic E-state index is -1.62. The standard InChI is InChI=1S/C70H72O12/c1-9-25-53(26-10-1)41-71-49-61-63(73-43-55-29-13-3-14-30-55)65(75-45-57-33-17-5-18-34-57)67(77-47-59-37-21-7-22-38-59)69(81-61)51-80-70(52-79-69)68(78-48-60-39-23-8-24-40-60)66(76-46-58-35-19-6-20-36-58)64(74-44-56-31-15-4-16-32-56)62(82-70)50-72-42-54-27-11-2-12-28-54/h1-40,61-68H,41-52H2/t61-,62-,63+,64+,65+,66+,67-,68-,69-,70-/m1/s1. The maximum Gasteiger partial charge on any atom is 0.222 e. The fraction of sp³-hybridized carbons (Fsp3) is 0.314. The van der Waals surface area contributed by atoms with Crippen molar-refractivity contribution >= 4 is 0 Å². The molecule has 3 aliphatic heterocycles. The number of hydrogen-bond acceptors (Lipinski definition) is 12. The van der Waals surface area contributed by atoms with Crippen LogP contribution >= 0.6 is 0 Å². The van der Waals surface area contributed by atoms with Crippen molar-refractivity contribution in [2.24, 2.45) is 0 Å². The third-order valence-electron chi connectivity index (χ3n) is 15.1. The molecular weight excluding hydrogens is 1030 g/mol. The molecule has 424 valence electrons. The van der Waals surface area contributed by atoms with E-state index in [0.29, 0.717) is 13.2 Å². The summed E-state index contributed by atoms with van der Waals surface area (Å²) in [5.74, 6) is -3.25. The zero-order valence-electron chi connectivity index (χ0n) is 46.1. The van der Waals surface area contributed by atoms with Gasteiger partial charge < -0.3 is 56.8 Å². The molecule has 0 aliphatic carbocycles. The van der Waals surface area contributed by atoms with Gasteiger partial charge in [-0.25, -0.2) is 0 Å². The van der Waals surface area contributed by atoms with Gasteiger partial charge in [-0.3, -0.25) is 0 Å². The fourth-order valence-corrected chi connectivity index (χ4v) is 10.8. The van der Waals surface area contributed by atoms with Gasteiger partial charge in [-0.1, -0.05) is 243 Å². The highest BCUT2D eigenvalue weighted by atomic mass is 16.8. The first kappa shape index (κ1) is 57.1. The lowest BCUT2D eigenvalue weighted by Crippen LogP contribution is -2.76. The van der Waals surface area contributed by atoms with Crippen LogP contribution in [-0.4, -0.2) is 86.8 Å². The van der Waals surface area contributed by atoms with Crippen LogP contribution in [0.5, 0.6) is 0 Å². The Labute approximate surface area is 481 Å². The zero-order chi connectivity index (χ0) is 55.5. The SMILES string of the molecule is c1ccc(COC[C@H]2O[C@]3(CO[C@]4(CO3)O[C@H](COCc3ccccc3)[C@H](OCc3ccccc3)[C@H](OCc3ccccc3)[C@H]4OCc3ccccc3)[C@H](OCc3ccccc3)[C@@H](OCc3ccccc3)[C@H]2OCc2ccccc2)cc1. The van der Waals surface area contributed by atoms with Gasteiger partial charge in [-0.05, 0) is 44.5 Å². The highest BCUT2D eigenvalue weighted by Crippen LogP contribution is 2.46. The van der Waals surface area contributed by atoms with E-state index in [1.54, 1.807) is 0 Å². The Hall–Kier alpha value is -6.72. The van der Waals surface area contributed by atoms with Crippen molar-refractivity contribution in [3.63, 3.8) is 0 Å². The van der Waals surface area contributed by atoms with E-state index in [0.717, 1.165) is 44.5 Å². The lowest BCUT2D eigenvalue weighted by Gasteiger charge is -2.58. The van der Waals surface area contributed by atoms with Crippen molar-refractivity contribution in [3.05, 3.63) is 287 Å². The average Bonchev–Trinajstić information content (AvgIpc) is 2.71.